The fraction of sp³-hybridized carbons (Fsp3) is 0.667. The summed E-state index contributed by atoms with van der Waals surface area (Å²) in [7, 11) is 1.97. The number of amides is 2. The second-order valence-corrected chi connectivity index (χ2v) is 6.94. The number of aryl methyl sites for hydroxylation is 1. The van der Waals surface area contributed by atoms with Gasteiger partial charge in [0.15, 0.2) is 0 Å². The second-order valence-electron chi connectivity index (χ2n) is 6.94. The Morgan fingerprint density at radius 1 is 1.35 bits per heavy atom. The van der Waals surface area contributed by atoms with Crippen LogP contribution >= 0.6 is 0 Å². The van der Waals surface area contributed by atoms with Crippen LogP contribution in [0, 0.1) is 5.92 Å². The van der Waals surface area contributed by atoms with Crippen LogP contribution in [0.2, 0.25) is 0 Å². The lowest BCUT2D eigenvalue weighted by Crippen LogP contribution is -2.57. The summed E-state index contributed by atoms with van der Waals surface area (Å²) in [4.78, 5) is 28.8. The van der Waals surface area contributed by atoms with Crippen LogP contribution in [0.25, 0.3) is 0 Å². The van der Waals surface area contributed by atoms with Gasteiger partial charge in [-0.15, -0.1) is 0 Å². The first kappa shape index (κ1) is 16.1. The van der Waals surface area contributed by atoms with Crippen LogP contribution in [0.5, 0.6) is 0 Å². The van der Waals surface area contributed by atoms with Gasteiger partial charge >= 0.3 is 0 Å². The quantitative estimate of drug-likeness (QED) is 0.850. The summed E-state index contributed by atoms with van der Waals surface area (Å²) in [5.41, 5.74) is 1.08. The lowest BCUT2D eigenvalue weighted by atomic mass is 9.83. The molecule has 5 nitrogen and oxygen atoms in total. The average Bonchev–Trinajstić information content (AvgIpc) is 2.94. The van der Waals surface area contributed by atoms with Crippen LogP contribution in [0.15, 0.2) is 18.5 Å². The minimum Gasteiger partial charge on any atom is -0.357 e. The Labute approximate surface area is 138 Å². The molecular formula is C18H27N3O2. The standard InChI is InChI=1S/C18H27N3O2/c1-3-8-21-16-7-10-20(13-15(16)4-5-17(21)22)18(23)11-14-6-9-19(2)12-14/h6,9,12,15-16H,3-5,7-8,10-11,13H2,1-2H3/t15-,16+/m0/s1. The summed E-state index contributed by atoms with van der Waals surface area (Å²) in [6.45, 7) is 4.57. The molecule has 2 aliphatic heterocycles. The number of carbonyl (C=O) groups is 2. The van der Waals surface area contributed by atoms with Crippen molar-refractivity contribution < 1.29 is 9.59 Å². The first-order valence-electron chi connectivity index (χ1n) is 8.76. The number of carbonyl (C=O) groups excluding carboxylic acids is 2. The van der Waals surface area contributed by atoms with E-state index in [0.29, 0.717) is 30.7 Å². The SMILES string of the molecule is CCCN1C(=O)CC[C@H]2CN(C(=O)Cc3ccn(C)c3)CC[C@H]21. The van der Waals surface area contributed by atoms with E-state index < -0.39 is 0 Å². The number of hydrogen-bond donors (Lipinski definition) is 0. The van der Waals surface area contributed by atoms with Crippen LogP contribution in [0.3, 0.4) is 0 Å². The van der Waals surface area contributed by atoms with Crippen LogP contribution in [0.1, 0.15) is 38.2 Å². The van der Waals surface area contributed by atoms with Crippen LogP contribution in [0.4, 0.5) is 0 Å². The number of rotatable bonds is 4. The Hall–Kier alpha value is -1.78. The Morgan fingerprint density at radius 2 is 2.17 bits per heavy atom. The molecule has 2 atom stereocenters. The van der Waals surface area contributed by atoms with E-state index in [4.69, 9.17) is 0 Å². The number of nitrogens with zero attached hydrogens (tertiary/aromatic N) is 3. The highest BCUT2D eigenvalue weighted by atomic mass is 16.2. The topological polar surface area (TPSA) is 45.6 Å². The Bertz CT molecular complexity index is 581. The molecule has 3 heterocycles. The lowest BCUT2D eigenvalue weighted by molar-refractivity contribution is -0.144. The van der Waals surface area contributed by atoms with E-state index in [1.165, 1.54) is 0 Å². The van der Waals surface area contributed by atoms with E-state index >= 15 is 0 Å². The van der Waals surface area contributed by atoms with Gasteiger partial charge in [-0.1, -0.05) is 6.92 Å². The summed E-state index contributed by atoms with van der Waals surface area (Å²) >= 11 is 0. The van der Waals surface area contributed by atoms with Gasteiger partial charge in [0, 0.05) is 51.5 Å². The lowest BCUT2D eigenvalue weighted by Gasteiger charge is -2.47. The molecule has 0 radical (unpaired) electrons. The van der Waals surface area contributed by atoms with Gasteiger partial charge in [0.25, 0.3) is 0 Å². The maximum atomic E-state index is 12.6. The Balaban J connectivity index is 1.61. The summed E-state index contributed by atoms with van der Waals surface area (Å²) in [5, 5.41) is 0. The van der Waals surface area contributed by atoms with Crippen molar-refractivity contribution in [3.63, 3.8) is 0 Å². The van der Waals surface area contributed by atoms with Crippen molar-refractivity contribution in [2.24, 2.45) is 13.0 Å². The summed E-state index contributed by atoms with van der Waals surface area (Å²) in [5.74, 6) is 0.971. The number of piperidine rings is 2. The van der Waals surface area contributed by atoms with Crippen molar-refractivity contribution in [3.05, 3.63) is 24.0 Å². The van der Waals surface area contributed by atoms with Gasteiger partial charge in [-0.05, 0) is 36.8 Å². The van der Waals surface area contributed by atoms with E-state index in [9.17, 15) is 9.59 Å². The third-order valence-electron chi connectivity index (χ3n) is 5.21. The highest BCUT2D eigenvalue weighted by Gasteiger charge is 2.39. The first-order chi connectivity index (χ1) is 11.1. The zero-order valence-corrected chi connectivity index (χ0v) is 14.2. The van der Waals surface area contributed by atoms with Crippen molar-refractivity contribution in [2.75, 3.05) is 19.6 Å². The number of aromatic nitrogens is 1. The fourth-order valence-electron chi connectivity index (χ4n) is 4.06. The first-order valence-corrected chi connectivity index (χ1v) is 8.76. The van der Waals surface area contributed by atoms with Gasteiger partial charge in [-0.25, -0.2) is 0 Å². The molecule has 0 spiro atoms. The largest absolute Gasteiger partial charge is 0.357 e. The van der Waals surface area contributed by atoms with Crippen molar-refractivity contribution in [3.8, 4) is 0 Å². The molecule has 0 unspecified atom stereocenters. The van der Waals surface area contributed by atoms with Gasteiger partial charge in [0.1, 0.15) is 0 Å². The van der Waals surface area contributed by atoms with Crippen LogP contribution in [-0.4, -0.2) is 51.9 Å². The minimum absolute atomic E-state index is 0.216. The summed E-state index contributed by atoms with van der Waals surface area (Å²) in [6.07, 6.45) is 7.97. The number of hydrogen-bond acceptors (Lipinski definition) is 2. The zero-order chi connectivity index (χ0) is 16.4. The third-order valence-corrected chi connectivity index (χ3v) is 5.21. The van der Waals surface area contributed by atoms with E-state index in [-0.39, 0.29) is 5.91 Å². The minimum atomic E-state index is 0.216. The second kappa shape index (κ2) is 6.77. The molecule has 2 saturated heterocycles. The molecule has 126 valence electrons. The normalized spacial score (nSPS) is 24.7. The van der Waals surface area contributed by atoms with E-state index in [1.54, 1.807) is 0 Å². The summed E-state index contributed by atoms with van der Waals surface area (Å²) < 4.78 is 1.98. The molecule has 0 saturated carbocycles. The molecule has 0 aromatic carbocycles. The van der Waals surface area contributed by atoms with Crippen LogP contribution in [-0.2, 0) is 23.1 Å². The Kier molecular flexibility index (Phi) is 4.74. The highest BCUT2D eigenvalue weighted by molar-refractivity contribution is 5.79. The maximum absolute atomic E-state index is 12.6. The molecule has 5 heteroatoms. The predicted molar refractivity (Wildman–Crippen MR) is 88.8 cm³/mol. The van der Waals surface area contributed by atoms with E-state index in [1.807, 2.05) is 35.0 Å². The molecule has 3 rings (SSSR count). The van der Waals surface area contributed by atoms with Gasteiger partial charge in [0.2, 0.25) is 11.8 Å². The maximum Gasteiger partial charge on any atom is 0.227 e. The number of likely N-dealkylation sites (tertiary alicyclic amines) is 2. The third kappa shape index (κ3) is 3.43. The monoisotopic (exact) mass is 317 g/mol. The van der Waals surface area contributed by atoms with E-state index in [2.05, 4.69) is 11.8 Å². The smallest absolute Gasteiger partial charge is 0.227 e. The molecule has 0 bridgehead atoms. The Morgan fingerprint density at radius 3 is 2.87 bits per heavy atom. The van der Waals surface area contributed by atoms with Crippen LogP contribution < -0.4 is 0 Å². The van der Waals surface area contributed by atoms with E-state index in [0.717, 1.165) is 44.5 Å². The van der Waals surface area contributed by atoms with Crippen molar-refractivity contribution in [2.45, 2.75) is 45.1 Å². The molecule has 1 aromatic rings. The molecule has 0 aliphatic carbocycles. The molecular weight excluding hydrogens is 290 g/mol. The van der Waals surface area contributed by atoms with Gasteiger partial charge < -0.3 is 14.4 Å². The van der Waals surface area contributed by atoms with Crippen molar-refractivity contribution in [1.29, 1.82) is 0 Å². The molecule has 0 N–H and O–H groups in total. The van der Waals surface area contributed by atoms with Gasteiger partial charge in [-0.3, -0.25) is 9.59 Å². The molecule has 1 aromatic heterocycles. The number of fused-ring (bicyclic) bond motifs is 1. The predicted octanol–water partition coefficient (Wildman–Crippen LogP) is 1.82. The zero-order valence-electron chi connectivity index (χ0n) is 14.2. The van der Waals surface area contributed by atoms with Crippen molar-refractivity contribution in [1.82, 2.24) is 14.4 Å². The van der Waals surface area contributed by atoms with Crippen molar-refractivity contribution >= 4 is 11.8 Å². The highest BCUT2D eigenvalue weighted by Crippen LogP contribution is 2.31. The molecule has 2 amide bonds. The molecule has 2 fully saturated rings. The van der Waals surface area contributed by atoms with Gasteiger partial charge in [-0.2, -0.15) is 0 Å². The van der Waals surface area contributed by atoms with Gasteiger partial charge in [0.05, 0.1) is 6.42 Å². The fourth-order valence-corrected chi connectivity index (χ4v) is 4.06. The summed E-state index contributed by atoms with van der Waals surface area (Å²) in [6, 6.07) is 2.35. The molecule has 23 heavy (non-hydrogen) atoms. The average molecular weight is 317 g/mol. The molecule has 2 aliphatic rings.